The number of aryl methyl sites for hydroxylation is 1. The fraction of sp³-hybridized carbons (Fsp3) is 0.510. The number of primary amides is 2. The van der Waals surface area contributed by atoms with Gasteiger partial charge in [-0.25, -0.2) is 4.79 Å². The summed E-state index contributed by atoms with van der Waals surface area (Å²) < 4.78 is 11.0. The number of carboxylic acids is 3. The number of nitrogens with zero attached hydrogens (tertiary/aromatic N) is 2. The number of likely N-dealkylation sites (N-methyl/N-ethyl adjacent to an activating group) is 1. The average Bonchev–Trinajstić information content (AvgIpc) is 0.839. The van der Waals surface area contributed by atoms with Crippen LogP contribution in [0.4, 0.5) is 0 Å². The smallest absolute Gasteiger partial charge is 0.341 e. The molecule has 1 aliphatic carbocycles. The van der Waals surface area contributed by atoms with Crippen LogP contribution in [0.25, 0.3) is 11.1 Å². The highest BCUT2D eigenvalue weighted by Gasteiger charge is 2.42. The second-order valence-corrected chi connectivity index (χ2v) is 38.8. The number of amides is 17. The van der Waals surface area contributed by atoms with Gasteiger partial charge in [0.1, 0.15) is 102 Å². The van der Waals surface area contributed by atoms with Gasteiger partial charge in [-0.15, -0.1) is 11.8 Å². The number of carboxylic acid groups (broad SMARTS) is 3. The molecule has 0 bridgehead atoms. The number of benzene rings is 5. The van der Waals surface area contributed by atoms with E-state index in [1.165, 1.54) is 62.5 Å². The summed E-state index contributed by atoms with van der Waals surface area (Å²) in [5.74, 6) is -25.1. The first kappa shape index (κ1) is 120. The topological polar surface area (TPSA) is 740 Å². The summed E-state index contributed by atoms with van der Waals surface area (Å²) in [5.41, 5.74) is 26.7. The number of ether oxygens (including phenoxy) is 2. The van der Waals surface area contributed by atoms with E-state index in [0.29, 0.717) is 41.3 Å². The van der Waals surface area contributed by atoms with E-state index in [4.69, 9.17) is 32.4 Å². The molecule has 15 atom stereocenters. The number of aliphatic carboxylic acids is 3. The summed E-state index contributed by atoms with van der Waals surface area (Å²) >= 11 is 0.652. The van der Waals surface area contributed by atoms with Gasteiger partial charge in [-0.2, -0.15) is 0 Å². The first-order valence-electron chi connectivity index (χ1n) is 49.8. The van der Waals surface area contributed by atoms with Crippen molar-refractivity contribution in [1.29, 1.82) is 0 Å². The monoisotopic (exact) mass is 2110 g/mol. The van der Waals surface area contributed by atoms with Crippen LogP contribution in [0.2, 0.25) is 0 Å². The van der Waals surface area contributed by atoms with Crippen molar-refractivity contribution in [3.05, 3.63) is 155 Å². The van der Waals surface area contributed by atoms with Crippen molar-refractivity contribution >= 4 is 130 Å². The lowest BCUT2D eigenvalue weighted by atomic mass is 9.84. The SMILES string of the molecule is Cc1cccc(C[C@@H]2NC(=O)[C@H](CC(=O)O)NC(=O)[C@H](Cc3ccc(O)cc3)NC(=O)[C@H](CN3CCOCC3)NC(=O)CSC[C@@H](C(=O)N[C@@H](CCN)C(N)=O)NC(=O)[C@H](CCC(=O)O)NC(=O)[C@H](CCO)NC(=O)[C@H](CC3CCCCC3)NC(=O)[C@H](CCN)NC(=O)[C@@H](CC(C)C)NC(=O)[C@H](C)N(C)C(=O)[C@H](CCC(N)=O)NC(=O)[C@H](Cc3ccc(-c4ccccc4)cc3)NC(=O)[C@H](Cc3ccc(OCC(=O)O)cc3)NC2=O)c1. The van der Waals surface area contributed by atoms with Gasteiger partial charge in [0.05, 0.1) is 25.4 Å². The molecule has 17 amide bonds. The standard InChI is InChI=1S/C102H140N20O27S/c1-57(2)45-74-93(138)110-71(36-39-104)91(136)114-75(47-60-14-8-6-9-15-60)94(139)111-72(37-42-123)92(137)109-70(32-34-85(127)128)90(135)120-82(101(146)108-69(35-38-103)88(106)133)55-150-56-84(126)107-81(53-122-40-43-148-44-41-122)100(145)118-78(49-62-21-27-67(124)28-22-62)97(142)119-80(52-86(129)130)99(144)117-79(51-64-16-12-13-58(3)46-64)98(143)116-77(50-63-23-29-68(30-24-63)149-54-87(131)132)96(141)115-76(48-61-19-25-66(26-20-61)65-17-10-7-11-18-65)95(140)112-73(31-33-83(105)125)102(147)121(5)59(4)89(134)113-74/h7,10-13,16-30,46,57,59-60,69-82,123-124H,6,8-9,14-15,31-45,47-56,103-104H2,1-5H3,(H2,105,125)(H2,106,133)(H,107,126)(H,108,146)(H,109,137)(H,110,138)(H,111,139)(H,112,140)(H,113,134)(H,114,136)(H,115,141)(H,116,143)(H,117,144)(H,118,145)(H,119,142)(H,120,135)(H,127,128)(H,129,130)(H,131,132)/t59-,69-,70-,71-,72-,73-,74+,75-,76-,77-,78-,79-,80-,81-,82-/m0/s1. The van der Waals surface area contributed by atoms with Gasteiger partial charge in [0.15, 0.2) is 6.61 Å². The third kappa shape index (κ3) is 40.7. The molecule has 0 aromatic heterocycles. The number of aliphatic hydroxyl groups excluding tert-OH is 1. The van der Waals surface area contributed by atoms with E-state index >= 15 is 33.6 Å². The van der Waals surface area contributed by atoms with Crippen molar-refractivity contribution in [1.82, 2.24) is 84.2 Å². The minimum absolute atomic E-state index is 0.0503. The van der Waals surface area contributed by atoms with Crippen LogP contribution in [0.5, 0.6) is 11.5 Å². The molecule has 8 rings (SSSR count). The van der Waals surface area contributed by atoms with Crippen LogP contribution in [-0.2, 0) is 126 Å². The molecule has 816 valence electrons. The van der Waals surface area contributed by atoms with Crippen LogP contribution in [0.3, 0.4) is 0 Å². The number of thioether (sulfide) groups is 1. The van der Waals surface area contributed by atoms with E-state index in [-0.39, 0.29) is 106 Å². The first-order valence-corrected chi connectivity index (χ1v) is 50.9. The Morgan fingerprint density at radius 2 is 0.953 bits per heavy atom. The van der Waals surface area contributed by atoms with Crippen molar-refractivity contribution in [3.8, 4) is 22.6 Å². The lowest BCUT2D eigenvalue weighted by Crippen LogP contribution is -2.62. The van der Waals surface area contributed by atoms with Crippen molar-refractivity contribution in [2.24, 2.45) is 34.8 Å². The second-order valence-electron chi connectivity index (χ2n) is 37.8. The van der Waals surface area contributed by atoms with Gasteiger partial charge in [-0.3, -0.25) is 96.0 Å². The largest absolute Gasteiger partial charge is 0.508 e. The Morgan fingerprint density at radius 1 is 0.487 bits per heavy atom. The molecule has 1 saturated carbocycles. The van der Waals surface area contributed by atoms with Crippen LogP contribution in [0.15, 0.2) is 127 Å². The zero-order valence-electron chi connectivity index (χ0n) is 84.5. The number of morpholine rings is 1. The molecule has 150 heavy (non-hydrogen) atoms. The zero-order chi connectivity index (χ0) is 110. The quantitative estimate of drug-likeness (QED) is 0.0192. The molecule has 0 unspecified atom stereocenters. The Labute approximate surface area is 871 Å². The van der Waals surface area contributed by atoms with Gasteiger partial charge in [0.25, 0.3) is 0 Å². The van der Waals surface area contributed by atoms with E-state index in [0.717, 1.165) is 35.3 Å². The first-order chi connectivity index (χ1) is 71.5. The van der Waals surface area contributed by atoms with Gasteiger partial charge in [-0.1, -0.05) is 155 Å². The van der Waals surface area contributed by atoms with Crippen LogP contribution in [-0.4, -0.2) is 322 Å². The van der Waals surface area contributed by atoms with Crippen molar-refractivity contribution in [2.75, 3.05) is 77.7 Å². The summed E-state index contributed by atoms with van der Waals surface area (Å²) in [6.07, 6.45) is -3.53. The Hall–Kier alpha value is -14.8. The lowest BCUT2D eigenvalue weighted by Gasteiger charge is -2.32. The highest BCUT2D eigenvalue weighted by Crippen LogP contribution is 2.29. The van der Waals surface area contributed by atoms with E-state index < -0.39 is 298 Å². The van der Waals surface area contributed by atoms with Gasteiger partial charge in [0.2, 0.25) is 100 Å². The Morgan fingerprint density at radius 3 is 1.47 bits per heavy atom. The van der Waals surface area contributed by atoms with Crippen molar-refractivity contribution < 1.29 is 131 Å². The fourth-order valence-corrected chi connectivity index (χ4v) is 18.0. The number of hydrogen-bond donors (Lipinski definition) is 23. The van der Waals surface area contributed by atoms with Gasteiger partial charge >= 0.3 is 17.9 Å². The maximum absolute atomic E-state index is 15.8. The molecule has 27 N–H and O–H groups in total. The summed E-state index contributed by atoms with van der Waals surface area (Å²) in [4.78, 5) is 292. The molecule has 5 aromatic carbocycles. The summed E-state index contributed by atoms with van der Waals surface area (Å²) in [5, 5.41) is 87.2. The third-order valence-electron chi connectivity index (χ3n) is 25.4. The maximum Gasteiger partial charge on any atom is 0.341 e. The number of aromatic hydroxyl groups is 1. The summed E-state index contributed by atoms with van der Waals surface area (Å²) in [7, 11) is 1.18. The Kier molecular flexibility index (Phi) is 49.2. The van der Waals surface area contributed by atoms with Gasteiger partial charge in [-0.05, 0) is 141 Å². The number of nitrogens with two attached hydrogens (primary N) is 4. The van der Waals surface area contributed by atoms with Crippen LogP contribution >= 0.6 is 11.8 Å². The number of aliphatic hydroxyl groups is 1. The molecule has 2 aliphatic heterocycles. The normalized spacial score (nSPS) is 23.5. The summed E-state index contributed by atoms with van der Waals surface area (Å²) in [6.45, 7) is 4.71. The number of carbonyl (C=O) groups excluding carboxylic acids is 17. The molecular formula is C102H140N20O27S. The number of hydrogen-bond acceptors (Lipinski definition) is 28. The number of carbonyl (C=O) groups is 20. The van der Waals surface area contributed by atoms with Gasteiger partial charge in [0, 0.05) is 77.6 Å². The molecule has 5 aromatic rings. The molecule has 48 heteroatoms. The third-order valence-corrected chi connectivity index (χ3v) is 26.5. The number of phenols is 1. The molecule has 3 fully saturated rings. The molecule has 0 spiro atoms. The maximum atomic E-state index is 15.8. The summed E-state index contributed by atoms with van der Waals surface area (Å²) in [6, 6.07) is 7.27. The molecule has 0 radical (unpaired) electrons. The van der Waals surface area contributed by atoms with Crippen LogP contribution < -0.4 is 102 Å². The van der Waals surface area contributed by atoms with Gasteiger partial charge < -0.3 is 137 Å². The van der Waals surface area contributed by atoms with Crippen LogP contribution in [0.1, 0.15) is 145 Å². The Bertz CT molecular complexity index is 5470. The predicted molar refractivity (Wildman–Crippen MR) is 546 cm³/mol. The Balaban J connectivity index is 1.26. The number of nitrogens with one attached hydrogen (secondary N) is 14. The highest BCUT2D eigenvalue weighted by molar-refractivity contribution is 8.00. The minimum Gasteiger partial charge on any atom is -0.508 e. The van der Waals surface area contributed by atoms with E-state index in [1.807, 2.05) is 30.3 Å². The second kappa shape index (κ2) is 61.3. The molecular weight excluding hydrogens is 1970 g/mol. The molecule has 47 nitrogen and oxygen atoms in total. The molecule has 3 aliphatic rings. The lowest BCUT2D eigenvalue weighted by molar-refractivity contribution is -0.143. The minimum atomic E-state index is -2.16. The van der Waals surface area contributed by atoms with Crippen molar-refractivity contribution in [3.63, 3.8) is 0 Å². The average molecular weight is 2110 g/mol. The van der Waals surface area contributed by atoms with E-state index in [9.17, 15) is 87.9 Å². The zero-order valence-corrected chi connectivity index (χ0v) is 85.3. The number of phenolic OH excluding ortho intramolecular Hbond substituents is 1. The predicted octanol–water partition coefficient (Wildman–Crippen LogP) is -3.00. The molecule has 2 heterocycles. The highest BCUT2D eigenvalue weighted by atomic mass is 32.2. The molecule has 2 saturated heterocycles. The van der Waals surface area contributed by atoms with E-state index in [1.54, 1.807) is 74.2 Å². The number of rotatable bonds is 35. The van der Waals surface area contributed by atoms with Crippen molar-refractivity contribution in [2.45, 2.75) is 240 Å². The van der Waals surface area contributed by atoms with Crippen LogP contribution in [0, 0.1) is 18.8 Å². The fourth-order valence-electron chi connectivity index (χ4n) is 17.1. The van der Waals surface area contributed by atoms with E-state index in [2.05, 4.69) is 74.4 Å².